The number of methoxy groups -OCH3 is 2. The molecule has 10 heteroatoms. The fourth-order valence-electron chi connectivity index (χ4n) is 2.52. The van der Waals surface area contributed by atoms with Crippen LogP contribution in [0, 0.1) is 0 Å². The molecule has 3 aromatic rings. The molecule has 0 fully saturated rings. The number of nitrogens with zero attached hydrogens (tertiary/aromatic N) is 2. The van der Waals surface area contributed by atoms with Gasteiger partial charge in [0.1, 0.15) is 23.5 Å². The second-order valence-electron chi connectivity index (χ2n) is 5.73. The molecule has 1 heterocycles. The molecule has 3 rings (SSSR count). The molecular weight excluding hydrogens is 396 g/mol. The van der Waals surface area contributed by atoms with Crippen LogP contribution < -0.4 is 31.4 Å². The Kier molecular flexibility index (Phi) is 6.20. The highest BCUT2D eigenvalue weighted by atomic mass is 35.5. The third-order valence-corrected chi connectivity index (χ3v) is 4.18. The number of nitrogens with two attached hydrogens (primary N) is 1. The molecule has 0 aliphatic carbocycles. The van der Waals surface area contributed by atoms with Gasteiger partial charge in [-0.15, -0.1) is 0 Å². The van der Waals surface area contributed by atoms with Crippen molar-refractivity contribution in [1.82, 2.24) is 15.4 Å². The number of benzene rings is 2. The number of halogens is 1. The first-order chi connectivity index (χ1) is 14.0. The Bertz CT molecular complexity index is 1030. The van der Waals surface area contributed by atoms with Gasteiger partial charge in [0.15, 0.2) is 11.6 Å². The van der Waals surface area contributed by atoms with Gasteiger partial charge in [0.05, 0.1) is 25.5 Å². The number of hydrogen-bond acceptors (Lipinski definition) is 8. The van der Waals surface area contributed by atoms with Crippen LogP contribution in [0.1, 0.15) is 10.4 Å². The molecule has 9 nitrogen and oxygen atoms in total. The predicted molar refractivity (Wildman–Crippen MR) is 112 cm³/mol. The van der Waals surface area contributed by atoms with E-state index in [2.05, 4.69) is 26.1 Å². The molecule has 150 valence electrons. The lowest BCUT2D eigenvalue weighted by Crippen LogP contribution is -2.30. The summed E-state index contributed by atoms with van der Waals surface area (Å²) in [5, 5.41) is 3.57. The number of nitrogen functional groups attached to an aromatic ring is 1. The molecule has 0 bridgehead atoms. The van der Waals surface area contributed by atoms with Gasteiger partial charge in [0.2, 0.25) is 0 Å². The van der Waals surface area contributed by atoms with Crippen LogP contribution in [0.15, 0.2) is 48.8 Å². The van der Waals surface area contributed by atoms with Gasteiger partial charge in [-0.1, -0.05) is 23.7 Å². The second-order valence-corrected chi connectivity index (χ2v) is 6.17. The van der Waals surface area contributed by atoms with E-state index < -0.39 is 5.91 Å². The van der Waals surface area contributed by atoms with Gasteiger partial charge >= 0.3 is 0 Å². The Morgan fingerprint density at radius 1 is 1.03 bits per heavy atom. The van der Waals surface area contributed by atoms with Crippen LogP contribution in [0.2, 0.25) is 5.02 Å². The monoisotopic (exact) mass is 414 g/mol. The van der Waals surface area contributed by atoms with E-state index in [4.69, 9.17) is 26.8 Å². The van der Waals surface area contributed by atoms with E-state index in [0.29, 0.717) is 33.6 Å². The number of hydrazine groups is 1. The average molecular weight is 415 g/mol. The summed E-state index contributed by atoms with van der Waals surface area (Å²) in [6.45, 7) is 0. The maximum absolute atomic E-state index is 12.4. The van der Waals surface area contributed by atoms with Gasteiger partial charge in [-0.05, 0) is 30.3 Å². The number of anilines is 4. The molecule has 0 saturated heterocycles. The smallest absolute Gasteiger partial charge is 0.273 e. The zero-order chi connectivity index (χ0) is 20.8. The molecule has 0 atom stereocenters. The average Bonchev–Trinajstić information content (AvgIpc) is 2.74. The molecule has 1 amide bonds. The molecule has 2 aromatic carbocycles. The Labute approximate surface area is 172 Å². The first-order valence-electron chi connectivity index (χ1n) is 8.44. The zero-order valence-corrected chi connectivity index (χ0v) is 16.4. The van der Waals surface area contributed by atoms with Gasteiger partial charge in [0, 0.05) is 5.02 Å². The van der Waals surface area contributed by atoms with Crippen molar-refractivity contribution in [3.8, 4) is 11.5 Å². The summed E-state index contributed by atoms with van der Waals surface area (Å²) in [6, 6.07) is 11.9. The van der Waals surface area contributed by atoms with Crippen molar-refractivity contribution in [2.24, 2.45) is 0 Å². The molecule has 0 unspecified atom stereocenters. The van der Waals surface area contributed by atoms with Crippen molar-refractivity contribution in [3.05, 3.63) is 59.4 Å². The first-order valence-corrected chi connectivity index (χ1v) is 8.81. The lowest BCUT2D eigenvalue weighted by molar-refractivity contribution is 0.0959. The quantitative estimate of drug-likeness (QED) is 0.434. The number of aromatic nitrogens is 2. The zero-order valence-electron chi connectivity index (χ0n) is 15.7. The molecule has 0 saturated carbocycles. The number of rotatable bonds is 7. The van der Waals surface area contributed by atoms with Crippen LogP contribution in [-0.2, 0) is 0 Å². The van der Waals surface area contributed by atoms with E-state index in [1.807, 2.05) is 0 Å². The van der Waals surface area contributed by atoms with Gasteiger partial charge < -0.3 is 20.5 Å². The number of carbonyl (C=O) groups excluding carboxylic acids is 1. The minimum Gasteiger partial charge on any atom is -0.496 e. The van der Waals surface area contributed by atoms with E-state index in [1.165, 1.54) is 20.5 Å². The standard InChI is InChI=1S/C19H19ClN6O3/c1-28-14-6-4-3-5-12(14)19(27)26-25-18-16(21)17(22-10-23-18)24-13-9-11(20)7-8-15(13)29-2/h3-10H,21H2,1-2H3,(H,26,27)(H2,22,23,24,25). The van der Waals surface area contributed by atoms with Crippen LogP contribution in [-0.4, -0.2) is 30.1 Å². The summed E-state index contributed by atoms with van der Waals surface area (Å²) in [5.41, 5.74) is 12.5. The van der Waals surface area contributed by atoms with Gasteiger partial charge in [-0.3, -0.25) is 15.6 Å². The first kappa shape index (κ1) is 20.0. The van der Waals surface area contributed by atoms with E-state index in [-0.39, 0.29) is 11.5 Å². The van der Waals surface area contributed by atoms with Crippen LogP contribution in [0.25, 0.3) is 0 Å². The predicted octanol–water partition coefficient (Wildman–Crippen LogP) is 3.23. The SMILES string of the molecule is COc1ccc(Cl)cc1Nc1ncnc(NNC(=O)c2ccccc2OC)c1N. The number of ether oxygens (including phenoxy) is 2. The van der Waals surface area contributed by atoms with Gasteiger partial charge in [0.25, 0.3) is 5.91 Å². The number of nitrogens with one attached hydrogen (secondary N) is 3. The maximum atomic E-state index is 12.4. The molecule has 0 aliphatic rings. The Morgan fingerprint density at radius 2 is 1.76 bits per heavy atom. The molecular formula is C19H19ClN6O3. The Balaban J connectivity index is 1.77. The van der Waals surface area contributed by atoms with Crippen LogP contribution in [0.4, 0.5) is 23.0 Å². The van der Waals surface area contributed by atoms with Crippen molar-refractivity contribution in [3.63, 3.8) is 0 Å². The van der Waals surface area contributed by atoms with E-state index >= 15 is 0 Å². The summed E-state index contributed by atoms with van der Waals surface area (Å²) in [7, 11) is 3.03. The number of carbonyl (C=O) groups is 1. The third kappa shape index (κ3) is 4.58. The fourth-order valence-corrected chi connectivity index (χ4v) is 2.69. The molecule has 0 aliphatic heterocycles. The molecule has 0 radical (unpaired) electrons. The summed E-state index contributed by atoms with van der Waals surface area (Å²) in [4.78, 5) is 20.6. The Hall–Kier alpha value is -3.72. The summed E-state index contributed by atoms with van der Waals surface area (Å²) in [5.74, 6) is 1.12. The molecule has 1 aromatic heterocycles. The molecule has 0 spiro atoms. The topological polar surface area (TPSA) is 123 Å². The fraction of sp³-hybridized carbons (Fsp3) is 0.105. The van der Waals surface area contributed by atoms with Crippen molar-refractivity contribution >= 4 is 40.5 Å². The van der Waals surface area contributed by atoms with Crippen molar-refractivity contribution in [1.29, 1.82) is 0 Å². The lowest BCUT2D eigenvalue weighted by atomic mass is 10.2. The number of para-hydroxylation sites is 1. The van der Waals surface area contributed by atoms with E-state index in [0.717, 1.165) is 0 Å². The normalized spacial score (nSPS) is 10.2. The lowest BCUT2D eigenvalue weighted by Gasteiger charge is -2.15. The minimum absolute atomic E-state index is 0.190. The largest absolute Gasteiger partial charge is 0.496 e. The highest BCUT2D eigenvalue weighted by Crippen LogP contribution is 2.32. The van der Waals surface area contributed by atoms with Crippen LogP contribution in [0.3, 0.4) is 0 Å². The highest BCUT2D eigenvalue weighted by molar-refractivity contribution is 6.31. The van der Waals surface area contributed by atoms with Crippen LogP contribution >= 0.6 is 11.6 Å². The van der Waals surface area contributed by atoms with Gasteiger partial charge in [-0.25, -0.2) is 9.97 Å². The molecule has 29 heavy (non-hydrogen) atoms. The van der Waals surface area contributed by atoms with E-state index in [9.17, 15) is 4.79 Å². The highest BCUT2D eigenvalue weighted by Gasteiger charge is 2.14. The maximum Gasteiger partial charge on any atom is 0.273 e. The van der Waals surface area contributed by atoms with Gasteiger partial charge in [-0.2, -0.15) is 0 Å². The minimum atomic E-state index is -0.411. The van der Waals surface area contributed by atoms with Crippen molar-refractivity contribution in [2.45, 2.75) is 0 Å². The number of amides is 1. The second kappa shape index (κ2) is 8.98. The summed E-state index contributed by atoms with van der Waals surface area (Å²) < 4.78 is 10.5. The van der Waals surface area contributed by atoms with E-state index in [1.54, 1.807) is 42.5 Å². The van der Waals surface area contributed by atoms with Crippen molar-refractivity contribution < 1.29 is 14.3 Å². The Morgan fingerprint density at radius 3 is 2.52 bits per heavy atom. The van der Waals surface area contributed by atoms with Crippen molar-refractivity contribution in [2.75, 3.05) is 30.7 Å². The number of hydrogen-bond donors (Lipinski definition) is 4. The third-order valence-electron chi connectivity index (χ3n) is 3.94. The van der Waals surface area contributed by atoms with Crippen LogP contribution in [0.5, 0.6) is 11.5 Å². The summed E-state index contributed by atoms with van der Waals surface area (Å²) in [6.07, 6.45) is 1.30. The summed E-state index contributed by atoms with van der Waals surface area (Å²) >= 11 is 6.05. The molecule has 5 N–H and O–H groups in total.